The second-order valence-electron chi connectivity index (χ2n) is 4.81. The van der Waals surface area contributed by atoms with Crippen LogP contribution < -0.4 is 0 Å². The number of benzene rings is 2. The smallest absolute Gasteiger partial charge is 0.185 e. The molecule has 7 heteroatoms. The van der Waals surface area contributed by atoms with Crippen molar-refractivity contribution in [2.24, 2.45) is 0 Å². The van der Waals surface area contributed by atoms with E-state index in [1.165, 1.54) is 41.2 Å². The van der Waals surface area contributed by atoms with E-state index >= 15 is 0 Å². The van der Waals surface area contributed by atoms with Crippen molar-refractivity contribution in [2.75, 3.05) is 0 Å². The van der Waals surface area contributed by atoms with Gasteiger partial charge in [0, 0.05) is 11.5 Å². The zero-order valence-electron chi connectivity index (χ0n) is 11.1. The van der Waals surface area contributed by atoms with E-state index in [-0.39, 0.29) is 23.1 Å². The Morgan fingerprint density at radius 3 is 2.73 bits per heavy atom. The van der Waals surface area contributed by atoms with Crippen LogP contribution in [0, 0.1) is 5.82 Å². The first kappa shape index (κ1) is 12.5. The Morgan fingerprint density at radius 2 is 1.91 bits per heavy atom. The quantitative estimate of drug-likeness (QED) is 0.564. The summed E-state index contributed by atoms with van der Waals surface area (Å²) >= 11 is 0. The Kier molecular flexibility index (Phi) is 2.50. The third-order valence-electron chi connectivity index (χ3n) is 3.36. The van der Waals surface area contributed by atoms with Crippen LogP contribution in [0.3, 0.4) is 0 Å². The van der Waals surface area contributed by atoms with Crippen LogP contribution >= 0.6 is 0 Å². The average molecular weight is 296 g/mol. The lowest BCUT2D eigenvalue weighted by molar-refractivity contribution is 0.451. The molecule has 0 amide bonds. The Labute approximate surface area is 123 Å². The van der Waals surface area contributed by atoms with Crippen LogP contribution in [0.2, 0.25) is 0 Å². The molecule has 4 rings (SSSR count). The van der Waals surface area contributed by atoms with E-state index < -0.39 is 0 Å². The summed E-state index contributed by atoms with van der Waals surface area (Å²) in [5, 5.41) is 24.0. The molecule has 0 saturated heterocycles. The molecule has 0 unspecified atom stereocenters. The number of fused-ring (bicyclic) bond motifs is 3. The van der Waals surface area contributed by atoms with Crippen molar-refractivity contribution in [2.45, 2.75) is 0 Å². The summed E-state index contributed by atoms with van der Waals surface area (Å²) in [4.78, 5) is 8.53. The van der Waals surface area contributed by atoms with Crippen molar-refractivity contribution >= 4 is 16.6 Å². The molecule has 0 radical (unpaired) electrons. The molecule has 4 aromatic rings. The van der Waals surface area contributed by atoms with Crippen LogP contribution in [0.4, 0.5) is 4.39 Å². The van der Waals surface area contributed by atoms with E-state index in [2.05, 4.69) is 15.1 Å². The Bertz CT molecular complexity index is 1030. The maximum Gasteiger partial charge on any atom is 0.185 e. The maximum absolute atomic E-state index is 13.4. The molecule has 6 nitrogen and oxygen atoms in total. The molecule has 0 fully saturated rings. The third-order valence-corrected chi connectivity index (χ3v) is 3.36. The van der Waals surface area contributed by atoms with Crippen molar-refractivity contribution in [3.63, 3.8) is 0 Å². The summed E-state index contributed by atoms with van der Waals surface area (Å²) < 4.78 is 14.9. The Balaban J connectivity index is 2.01. The number of phenols is 2. The fraction of sp³-hybridized carbons (Fsp3) is 0. The lowest BCUT2D eigenvalue weighted by Crippen LogP contribution is -1.91. The summed E-state index contributed by atoms with van der Waals surface area (Å²) in [7, 11) is 0. The molecule has 2 aromatic heterocycles. The van der Waals surface area contributed by atoms with Gasteiger partial charge in [-0.3, -0.25) is 0 Å². The standard InChI is InChI=1S/C15H9FN4O2/c16-8-1-4-12-11(5-8)15-18-14(19-20(15)7-17-12)10-3-2-9(21)6-13(10)22/h1-7,21-22H. The Hall–Kier alpha value is -3.22. The van der Waals surface area contributed by atoms with Crippen LogP contribution in [-0.2, 0) is 0 Å². The highest BCUT2D eigenvalue weighted by Gasteiger charge is 2.13. The number of hydrogen-bond donors (Lipinski definition) is 2. The molecule has 108 valence electrons. The lowest BCUT2D eigenvalue weighted by Gasteiger charge is -1.99. The van der Waals surface area contributed by atoms with Crippen LogP contribution in [-0.4, -0.2) is 29.8 Å². The van der Waals surface area contributed by atoms with E-state index in [9.17, 15) is 14.6 Å². The fourth-order valence-corrected chi connectivity index (χ4v) is 2.33. The average Bonchev–Trinajstić information content (AvgIpc) is 2.91. The number of phenolic OH excluding ortho intramolecular Hbond substituents is 2. The van der Waals surface area contributed by atoms with Gasteiger partial charge in [0.05, 0.1) is 11.1 Å². The molecule has 2 N–H and O–H groups in total. The van der Waals surface area contributed by atoms with Gasteiger partial charge in [0.1, 0.15) is 23.6 Å². The molecule has 22 heavy (non-hydrogen) atoms. The minimum absolute atomic E-state index is 0.0563. The van der Waals surface area contributed by atoms with E-state index in [4.69, 9.17) is 0 Å². The van der Waals surface area contributed by atoms with Gasteiger partial charge in [0.2, 0.25) is 0 Å². The van der Waals surface area contributed by atoms with Crippen LogP contribution in [0.25, 0.3) is 27.9 Å². The molecular formula is C15H9FN4O2. The number of aromatic nitrogens is 4. The van der Waals surface area contributed by atoms with Gasteiger partial charge in [-0.1, -0.05) is 0 Å². The monoisotopic (exact) mass is 296 g/mol. The zero-order valence-corrected chi connectivity index (χ0v) is 11.1. The molecule has 2 aromatic carbocycles. The van der Waals surface area contributed by atoms with E-state index in [1.807, 2.05) is 0 Å². The van der Waals surface area contributed by atoms with Gasteiger partial charge in [-0.05, 0) is 30.3 Å². The second-order valence-corrected chi connectivity index (χ2v) is 4.81. The van der Waals surface area contributed by atoms with E-state index in [1.54, 1.807) is 6.07 Å². The van der Waals surface area contributed by atoms with Gasteiger partial charge >= 0.3 is 0 Å². The topological polar surface area (TPSA) is 83.5 Å². The molecule has 0 saturated carbocycles. The molecule has 0 spiro atoms. The van der Waals surface area contributed by atoms with Gasteiger partial charge in [0.15, 0.2) is 11.5 Å². The SMILES string of the molecule is Oc1ccc(-c2nc3c4cc(F)ccc4ncn3n2)c(O)c1. The molecule has 2 heterocycles. The van der Waals surface area contributed by atoms with E-state index in [0.29, 0.717) is 22.1 Å². The molecular weight excluding hydrogens is 287 g/mol. The van der Waals surface area contributed by atoms with Gasteiger partial charge in [-0.25, -0.2) is 18.9 Å². The number of aromatic hydroxyl groups is 2. The number of hydrogen-bond acceptors (Lipinski definition) is 5. The maximum atomic E-state index is 13.4. The first-order chi connectivity index (χ1) is 10.6. The van der Waals surface area contributed by atoms with Crippen molar-refractivity contribution in [3.8, 4) is 22.9 Å². The minimum Gasteiger partial charge on any atom is -0.508 e. The molecule has 0 aliphatic carbocycles. The van der Waals surface area contributed by atoms with Crippen LogP contribution in [0.1, 0.15) is 0 Å². The summed E-state index contributed by atoms with van der Waals surface area (Å²) in [5.41, 5.74) is 1.40. The largest absolute Gasteiger partial charge is 0.508 e. The highest BCUT2D eigenvalue weighted by Crippen LogP contribution is 2.30. The number of rotatable bonds is 1. The molecule has 0 bridgehead atoms. The van der Waals surface area contributed by atoms with Crippen molar-refractivity contribution in [1.29, 1.82) is 0 Å². The summed E-state index contributed by atoms with van der Waals surface area (Å²) in [6.07, 6.45) is 1.48. The first-order valence-corrected chi connectivity index (χ1v) is 6.45. The predicted molar refractivity (Wildman–Crippen MR) is 77.0 cm³/mol. The highest BCUT2D eigenvalue weighted by molar-refractivity contribution is 5.91. The lowest BCUT2D eigenvalue weighted by atomic mass is 10.2. The Morgan fingerprint density at radius 1 is 1.05 bits per heavy atom. The number of halogens is 1. The summed E-state index contributed by atoms with van der Waals surface area (Å²) in [5.74, 6) is -0.325. The number of nitrogens with zero attached hydrogens (tertiary/aromatic N) is 4. The summed E-state index contributed by atoms with van der Waals surface area (Å²) in [6, 6.07) is 8.38. The summed E-state index contributed by atoms with van der Waals surface area (Å²) in [6.45, 7) is 0. The van der Waals surface area contributed by atoms with Crippen LogP contribution in [0.15, 0.2) is 42.7 Å². The zero-order chi connectivity index (χ0) is 15.3. The van der Waals surface area contributed by atoms with E-state index in [0.717, 1.165) is 0 Å². The highest BCUT2D eigenvalue weighted by atomic mass is 19.1. The molecule has 0 aliphatic heterocycles. The van der Waals surface area contributed by atoms with Crippen molar-refractivity contribution in [1.82, 2.24) is 19.6 Å². The van der Waals surface area contributed by atoms with Crippen molar-refractivity contribution < 1.29 is 14.6 Å². The van der Waals surface area contributed by atoms with Gasteiger partial charge < -0.3 is 10.2 Å². The van der Waals surface area contributed by atoms with Gasteiger partial charge in [-0.2, -0.15) is 0 Å². The van der Waals surface area contributed by atoms with Gasteiger partial charge in [-0.15, -0.1) is 5.10 Å². The van der Waals surface area contributed by atoms with Crippen LogP contribution in [0.5, 0.6) is 11.5 Å². The van der Waals surface area contributed by atoms with Crippen molar-refractivity contribution in [3.05, 3.63) is 48.5 Å². The molecule has 0 aliphatic rings. The normalized spacial score (nSPS) is 11.3. The minimum atomic E-state index is -0.389. The first-order valence-electron chi connectivity index (χ1n) is 6.45. The third kappa shape index (κ3) is 1.83. The molecule has 0 atom stereocenters. The fourth-order valence-electron chi connectivity index (χ4n) is 2.33. The second kappa shape index (κ2) is 4.39. The predicted octanol–water partition coefficient (Wildman–Crippen LogP) is 2.49. The van der Waals surface area contributed by atoms with Gasteiger partial charge in [0.25, 0.3) is 0 Å².